The molecule has 3 rings (SSSR count). The van der Waals surface area contributed by atoms with Crippen LogP contribution in [0.15, 0.2) is 15.4 Å². The van der Waals surface area contributed by atoms with Crippen molar-refractivity contribution in [2.24, 2.45) is 0 Å². The third-order valence-corrected chi connectivity index (χ3v) is 4.64. The van der Waals surface area contributed by atoms with E-state index < -0.39 is 0 Å². The predicted octanol–water partition coefficient (Wildman–Crippen LogP) is 0.999. The minimum atomic E-state index is -0.172. The highest BCUT2D eigenvalue weighted by Crippen LogP contribution is 2.26. The highest BCUT2D eigenvalue weighted by Gasteiger charge is 2.29. The summed E-state index contributed by atoms with van der Waals surface area (Å²) in [5.41, 5.74) is 2.18. The summed E-state index contributed by atoms with van der Waals surface area (Å²) in [5.74, 6) is 1.35. The molecule has 0 aliphatic carbocycles. The van der Waals surface area contributed by atoms with E-state index in [1.807, 2.05) is 32.8 Å². The third kappa shape index (κ3) is 3.57. The van der Waals surface area contributed by atoms with Gasteiger partial charge in [0, 0.05) is 44.7 Å². The van der Waals surface area contributed by atoms with Crippen molar-refractivity contribution in [2.45, 2.75) is 32.6 Å². The number of nitrogens with zero attached hydrogens (tertiary/aromatic N) is 4. The minimum absolute atomic E-state index is 0.0505. The molecule has 25 heavy (non-hydrogen) atoms. The van der Waals surface area contributed by atoms with Crippen LogP contribution in [-0.4, -0.2) is 53.1 Å². The zero-order chi connectivity index (χ0) is 18.1. The van der Waals surface area contributed by atoms with Gasteiger partial charge in [-0.25, -0.2) is 4.98 Å². The number of hydrogen-bond donors (Lipinski definition) is 1. The number of amides is 1. The van der Waals surface area contributed by atoms with Gasteiger partial charge in [0.25, 0.3) is 5.56 Å². The largest absolute Gasteiger partial charge is 0.361 e. The van der Waals surface area contributed by atoms with E-state index >= 15 is 0 Å². The minimum Gasteiger partial charge on any atom is -0.361 e. The molecule has 1 unspecified atom stereocenters. The molecule has 0 saturated carbocycles. The summed E-state index contributed by atoms with van der Waals surface area (Å²) in [6.07, 6.45) is 1.09. The van der Waals surface area contributed by atoms with Crippen LogP contribution in [0.25, 0.3) is 0 Å². The molecule has 3 heterocycles. The SMILES string of the molecule is Cc1noc(C)c1CC(=O)N1CCC(c2cc(=O)[nH]c(N(C)C)n2)C1. The van der Waals surface area contributed by atoms with Gasteiger partial charge in [-0.1, -0.05) is 5.16 Å². The van der Waals surface area contributed by atoms with Crippen LogP contribution in [0.1, 0.15) is 35.1 Å². The third-order valence-electron chi connectivity index (χ3n) is 4.64. The Bertz CT molecular complexity index is 820. The van der Waals surface area contributed by atoms with E-state index in [9.17, 15) is 9.59 Å². The van der Waals surface area contributed by atoms with Gasteiger partial charge in [-0.3, -0.25) is 14.6 Å². The van der Waals surface area contributed by atoms with Gasteiger partial charge in [-0.2, -0.15) is 0 Å². The van der Waals surface area contributed by atoms with Crippen LogP contribution < -0.4 is 10.5 Å². The Hall–Kier alpha value is -2.64. The van der Waals surface area contributed by atoms with Gasteiger partial charge < -0.3 is 14.3 Å². The molecular weight excluding hydrogens is 322 g/mol. The summed E-state index contributed by atoms with van der Waals surface area (Å²) in [6, 6.07) is 1.53. The van der Waals surface area contributed by atoms with E-state index in [-0.39, 0.29) is 17.4 Å². The maximum atomic E-state index is 12.6. The molecule has 134 valence electrons. The zero-order valence-electron chi connectivity index (χ0n) is 15.0. The average Bonchev–Trinajstić information content (AvgIpc) is 3.17. The van der Waals surface area contributed by atoms with Crippen LogP contribution in [0.4, 0.5) is 5.95 Å². The number of aromatic amines is 1. The molecule has 1 N–H and O–H groups in total. The maximum absolute atomic E-state index is 12.6. The first-order chi connectivity index (χ1) is 11.8. The number of H-pyrrole nitrogens is 1. The summed E-state index contributed by atoms with van der Waals surface area (Å²) in [5, 5.41) is 3.90. The number of rotatable bonds is 4. The van der Waals surface area contributed by atoms with Gasteiger partial charge >= 0.3 is 0 Å². The van der Waals surface area contributed by atoms with E-state index in [1.54, 1.807) is 4.90 Å². The van der Waals surface area contributed by atoms with Gasteiger partial charge in [-0.15, -0.1) is 0 Å². The van der Waals surface area contributed by atoms with Gasteiger partial charge in [0.05, 0.1) is 17.8 Å². The zero-order valence-corrected chi connectivity index (χ0v) is 15.0. The summed E-state index contributed by atoms with van der Waals surface area (Å²) < 4.78 is 5.12. The molecule has 0 aromatic carbocycles. The van der Waals surface area contributed by atoms with Crippen molar-refractivity contribution in [3.8, 4) is 0 Å². The summed E-state index contributed by atoms with van der Waals surface area (Å²) >= 11 is 0. The Morgan fingerprint density at radius 3 is 2.84 bits per heavy atom. The molecule has 1 saturated heterocycles. The van der Waals surface area contributed by atoms with Crippen molar-refractivity contribution in [3.63, 3.8) is 0 Å². The van der Waals surface area contributed by atoms with Crippen LogP contribution in [0, 0.1) is 13.8 Å². The van der Waals surface area contributed by atoms with Crippen LogP contribution in [-0.2, 0) is 11.2 Å². The molecule has 1 amide bonds. The van der Waals surface area contributed by atoms with Crippen LogP contribution in [0.5, 0.6) is 0 Å². The summed E-state index contributed by atoms with van der Waals surface area (Å²) in [4.78, 5) is 35.3. The van der Waals surface area contributed by atoms with E-state index in [2.05, 4.69) is 15.1 Å². The molecule has 0 radical (unpaired) electrons. The lowest BCUT2D eigenvalue weighted by Crippen LogP contribution is -2.30. The Balaban J connectivity index is 1.71. The van der Waals surface area contributed by atoms with Crippen LogP contribution in [0.2, 0.25) is 0 Å². The lowest BCUT2D eigenvalue weighted by Gasteiger charge is -2.17. The molecule has 1 aliphatic rings. The molecule has 2 aromatic heterocycles. The molecule has 1 fully saturated rings. The normalized spacial score (nSPS) is 17.1. The van der Waals surface area contributed by atoms with Crippen molar-refractivity contribution in [1.29, 1.82) is 0 Å². The summed E-state index contributed by atoms with van der Waals surface area (Å²) in [7, 11) is 3.66. The van der Waals surface area contributed by atoms with E-state index in [0.29, 0.717) is 31.2 Å². The molecule has 8 heteroatoms. The summed E-state index contributed by atoms with van der Waals surface area (Å²) in [6.45, 7) is 4.90. The fourth-order valence-corrected chi connectivity index (χ4v) is 3.13. The van der Waals surface area contributed by atoms with E-state index in [1.165, 1.54) is 6.07 Å². The number of hydrogen-bond acceptors (Lipinski definition) is 6. The molecule has 2 aromatic rings. The first-order valence-electron chi connectivity index (χ1n) is 8.33. The lowest BCUT2D eigenvalue weighted by atomic mass is 10.0. The van der Waals surface area contributed by atoms with E-state index in [0.717, 1.165) is 23.4 Å². The van der Waals surface area contributed by atoms with Gasteiger partial charge in [0.1, 0.15) is 5.76 Å². The smallest absolute Gasteiger partial charge is 0.252 e. The molecule has 1 aliphatic heterocycles. The van der Waals surface area contributed by atoms with Crippen LogP contribution >= 0.6 is 0 Å². The Morgan fingerprint density at radius 2 is 2.20 bits per heavy atom. The number of aryl methyl sites for hydroxylation is 2. The van der Waals surface area contributed by atoms with Crippen molar-refractivity contribution in [2.75, 3.05) is 32.1 Å². The number of likely N-dealkylation sites (tertiary alicyclic amines) is 1. The molecule has 0 spiro atoms. The van der Waals surface area contributed by atoms with Crippen molar-refractivity contribution < 1.29 is 9.32 Å². The average molecular weight is 345 g/mol. The first-order valence-corrected chi connectivity index (χ1v) is 8.33. The van der Waals surface area contributed by atoms with Gasteiger partial charge in [0.2, 0.25) is 11.9 Å². The quantitative estimate of drug-likeness (QED) is 0.888. The molecular formula is C17H23N5O3. The van der Waals surface area contributed by atoms with Gasteiger partial charge in [-0.05, 0) is 20.3 Å². The van der Waals surface area contributed by atoms with Crippen LogP contribution in [0.3, 0.4) is 0 Å². The fraction of sp³-hybridized carbons (Fsp3) is 0.529. The second-order valence-electron chi connectivity index (χ2n) is 6.69. The maximum Gasteiger partial charge on any atom is 0.252 e. The van der Waals surface area contributed by atoms with Gasteiger partial charge in [0.15, 0.2) is 0 Å². The molecule has 1 atom stereocenters. The predicted molar refractivity (Wildman–Crippen MR) is 92.8 cm³/mol. The first kappa shape index (κ1) is 17.2. The highest BCUT2D eigenvalue weighted by molar-refractivity contribution is 5.79. The number of carbonyl (C=O) groups is 1. The molecule has 0 bridgehead atoms. The Morgan fingerprint density at radius 1 is 1.44 bits per heavy atom. The van der Waals surface area contributed by atoms with Crippen molar-refractivity contribution >= 4 is 11.9 Å². The standard InChI is InChI=1S/C17H23N5O3/c1-10-13(11(2)25-20-10)7-16(24)22-6-5-12(9-22)14-8-15(23)19-17(18-14)21(3)4/h8,12H,5-7,9H2,1-4H3,(H,18,19,23). The second kappa shape index (κ2) is 6.70. The monoisotopic (exact) mass is 345 g/mol. The number of anilines is 1. The Labute approximate surface area is 145 Å². The topological polar surface area (TPSA) is 95.3 Å². The number of carbonyl (C=O) groups excluding carboxylic acids is 1. The van der Waals surface area contributed by atoms with Crippen molar-refractivity contribution in [1.82, 2.24) is 20.0 Å². The highest BCUT2D eigenvalue weighted by atomic mass is 16.5. The fourth-order valence-electron chi connectivity index (χ4n) is 3.13. The number of aromatic nitrogens is 3. The van der Waals surface area contributed by atoms with Crippen molar-refractivity contribution in [3.05, 3.63) is 39.1 Å². The second-order valence-corrected chi connectivity index (χ2v) is 6.69. The van der Waals surface area contributed by atoms with E-state index in [4.69, 9.17) is 4.52 Å². The number of nitrogens with one attached hydrogen (secondary N) is 1. The lowest BCUT2D eigenvalue weighted by molar-refractivity contribution is -0.129. The molecule has 8 nitrogen and oxygen atoms in total. The Kier molecular flexibility index (Phi) is 4.61.